The summed E-state index contributed by atoms with van der Waals surface area (Å²) >= 11 is 1.33. The van der Waals surface area contributed by atoms with E-state index in [2.05, 4.69) is 21.5 Å². The maximum Gasteiger partial charge on any atom is 0.278 e. The monoisotopic (exact) mass is 409 g/mol. The molecule has 4 rings (SSSR count). The number of benzene rings is 1. The van der Waals surface area contributed by atoms with Gasteiger partial charge in [-0.3, -0.25) is 9.59 Å². The van der Waals surface area contributed by atoms with Crippen LogP contribution < -0.4 is 11.1 Å². The Morgan fingerprint density at radius 1 is 1.31 bits per heavy atom. The van der Waals surface area contributed by atoms with Crippen molar-refractivity contribution in [2.75, 3.05) is 6.26 Å². The molecule has 0 aliphatic carbocycles. The molecule has 3 heterocycles. The van der Waals surface area contributed by atoms with Gasteiger partial charge in [-0.05, 0) is 42.2 Å². The minimum absolute atomic E-state index is 0.196. The lowest BCUT2D eigenvalue weighted by Gasteiger charge is -2.13. The van der Waals surface area contributed by atoms with Crippen LogP contribution in [0.2, 0.25) is 0 Å². The van der Waals surface area contributed by atoms with Gasteiger partial charge in [-0.2, -0.15) is 0 Å². The standard InChI is InChI=1S/C20H16FN5O2S/c1-3-7-25-19(28)16-11-23-20(29-2)24-17(16)26(25)14-9-12(8-13(21)10-14)15-5-4-6-22-18(15)27/h3-6,8-11H,1,7H2,2H3,(H,22,27). The largest absolute Gasteiger partial charge is 0.329 e. The number of nitrogens with zero attached hydrogens (tertiary/aromatic N) is 4. The summed E-state index contributed by atoms with van der Waals surface area (Å²) < 4.78 is 17.5. The molecule has 0 bridgehead atoms. The summed E-state index contributed by atoms with van der Waals surface area (Å²) in [7, 11) is 0. The minimum atomic E-state index is -0.542. The van der Waals surface area contributed by atoms with Crippen LogP contribution in [-0.4, -0.2) is 30.6 Å². The lowest BCUT2D eigenvalue weighted by molar-refractivity contribution is 0.594. The van der Waals surface area contributed by atoms with Crippen molar-refractivity contribution >= 4 is 22.8 Å². The Balaban J connectivity index is 2.05. The first kappa shape index (κ1) is 18.9. The molecule has 0 unspecified atom stereocenters. The van der Waals surface area contributed by atoms with Crippen molar-refractivity contribution in [1.82, 2.24) is 24.3 Å². The molecule has 146 valence electrons. The molecule has 29 heavy (non-hydrogen) atoms. The molecular formula is C20H16FN5O2S. The third-order valence-electron chi connectivity index (χ3n) is 4.39. The Labute approximate surface area is 168 Å². The second-order valence-corrected chi connectivity index (χ2v) is 6.97. The van der Waals surface area contributed by atoms with Crippen LogP contribution in [0.1, 0.15) is 0 Å². The van der Waals surface area contributed by atoms with E-state index in [4.69, 9.17) is 0 Å². The molecule has 0 atom stereocenters. The van der Waals surface area contributed by atoms with Crippen molar-refractivity contribution in [1.29, 1.82) is 0 Å². The van der Waals surface area contributed by atoms with Crippen molar-refractivity contribution in [2.24, 2.45) is 0 Å². The molecule has 0 aliphatic rings. The van der Waals surface area contributed by atoms with Crippen LogP contribution in [0, 0.1) is 5.82 Å². The van der Waals surface area contributed by atoms with Gasteiger partial charge in [-0.25, -0.2) is 23.7 Å². The zero-order valence-corrected chi connectivity index (χ0v) is 16.2. The average Bonchev–Trinajstić information content (AvgIpc) is 2.99. The van der Waals surface area contributed by atoms with Crippen molar-refractivity contribution in [3.63, 3.8) is 0 Å². The van der Waals surface area contributed by atoms with Crippen molar-refractivity contribution < 1.29 is 4.39 Å². The minimum Gasteiger partial charge on any atom is -0.329 e. The summed E-state index contributed by atoms with van der Waals surface area (Å²) in [6.45, 7) is 3.89. The molecule has 1 aromatic carbocycles. The van der Waals surface area contributed by atoms with E-state index in [1.54, 1.807) is 24.3 Å². The molecule has 0 aliphatic heterocycles. The van der Waals surface area contributed by atoms with Crippen LogP contribution in [0.4, 0.5) is 4.39 Å². The highest BCUT2D eigenvalue weighted by Gasteiger charge is 2.18. The predicted molar refractivity (Wildman–Crippen MR) is 111 cm³/mol. The molecule has 0 saturated carbocycles. The Hall–Kier alpha value is -3.46. The van der Waals surface area contributed by atoms with Gasteiger partial charge in [0.05, 0.1) is 12.2 Å². The maximum atomic E-state index is 14.5. The highest BCUT2D eigenvalue weighted by Crippen LogP contribution is 2.24. The fraction of sp³-hybridized carbons (Fsp3) is 0.100. The van der Waals surface area contributed by atoms with Gasteiger partial charge in [-0.15, -0.1) is 6.58 Å². The van der Waals surface area contributed by atoms with Crippen LogP contribution in [0.3, 0.4) is 0 Å². The summed E-state index contributed by atoms with van der Waals surface area (Å²) in [6, 6.07) is 7.49. The van der Waals surface area contributed by atoms with E-state index in [1.165, 1.54) is 45.7 Å². The summed E-state index contributed by atoms with van der Waals surface area (Å²) in [5.74, 6) is -0.542. The molecule has 0 radical (unpaired) electrons. The number of halogens is 1. The quantitative estimate of drug-likeness (QED) is 0.311. The van der Waals surface area contributed by atoms with Crippen molar-refractivity contribution in [2.45, 2.75) is 11.7 Å². The number of aromatic nitrogens is 5. The Morgan fingerprint density at radius 3 is 2.86 bits per heavy atom. The van der Waals surface area contributed by atoms with Crippen LogP contribution in [0.25, 0.3) is 27.8 Å². The highest BCUT2D eigenvalue weighted by atomic mass is 32.2. The number of fused-ring (bicyclic) bond motifs is 1. The molecule has 0 saturated heterocycles. The first-order valence-corrected chi connectivity index (χ1v) is 9.88. The molecule has 0 spiro atoms. The lowest BCUT2D eigenvalue weighted by Crippen LogP contribution is -2.21. The SMILES string of the molecule is C=CCn1c(=O)c2cnc(SC)nc2n1-c1cc(F)cc(-c2ccc[nH]c2=O)c1. The first-order valence-electron chi connectivity index (χ1n) is 8.66. The van der Waals surface area contributed by atoms with E-state index >= 15 is 0 Å². The highest BCUT2D eigenvalue weighted by molar-refractivity contribution is 7.98. The van der Waals surface area contributed by atoms with E-state index in [-0.39, 0.29) is 17.7 Å². The number of hydrogen-bond donors (Lipinski definition) is 1. The number of H-pyrrole nitrogens is 1. The van der Waals surface area contributed by atoms with E-state index in [0.717, 1.165) is 0 Å². The van der Waals surface area contributed by atoms with Gasteiger partial charge in [0.25, 0.3) is 11.1 Å². The topological polar surface area (TPSA) is 85.6 Å². The average molecular weight is 409 g/mol. The van der Waals surface area contributed by atoms with E-state index in [9.17, 15) is 14.0 Å². The smallest absolute Gasteiger partial charge is 0.278 e. The summed E-state index contributed by atoms with van der Waals surface area (Å²) in [5, 5.41) is 0.797. The molecule has 9 heteroatoms. The number of thioether (sulfide) groups is 1. The fourth-order valence-electron chi connectivity index (χ4n) is 3.16. The summed E-state index contributed by atoms with van der Waals surface area (Å²) in [4.78, 5) is 36.2. The number of pyridine rings is 1. The van der Waals surface area contributed by atoms with Gasteiger partial charge in [0.1, 0.15) is 11.2 Å². The van der Waals surface area contributed by atoms with Gasteiger partial charge in [0.2, 0.25) is 0 Å². The van der Waals surface area contributed by atoms with Crippen LogP contribution >= 0.6 is 11.8 Å². The lowest BCUT2D eigenvalue weighted by atomic mass is 10.1. The summed E-state index contributed by atoms with van der Waals surface area (Å²) in [6.07, 6.45) is 6.37. The summed E-state index contributed by atoms with van der Waals surface area (Å²) in [5.41, 5.74) is 0.785. The molecule has 3 aromatic heterocycles. The van der Waals surface area contributed by atoms with Gasteiger partial charge in [-0.1, -0.05) is 17.8 Å². The van der Waals surface area contributed by atoms with Gasteiger partial charge < -0.3 is 4.98 Å². The van der Waals surface area contributed by atoms with Gasteiger partial charge >= 0.3 is 0 Å². The molecule has 4 aromatic rings. The van der Waals surface area contributed by atoms with Crippen LogP contribution in [-0.2, 0) is 6.54 Å². The zero-order valence-electron chi connectivity index (χ0n) is 15.4. The van der Waals surface area contributed by atoms with Gasteiger partial charge in [0, 0.05) is 18.0 Å². The number of allylic oxidation sites excluding steroid dienone is 1. The Bertz CT molecular complexity index is 1360. The number of hydrogen-bond acceptors (Lipinski definition) is 5. The number of aromatic amines is 1. The first-order chi connectivity index (χ1) is 14.0. The second kappa shape index (κ2) is 7.51. The molecule has 1 N–H and O–H groups in total. The fourth-order valence-corrected chi connectivity index (χ4v) is 3.50. The van der Waals surface area contributed by atoms with E-state index in [1.807, 2.05) is 6.26 Å². The number of nitrogens with one attached hydrogen (secondary N) is 1. The van der Waals surface area contributed by atoms with E-state index < -0.39 is 5.82 Å². The maximum absolute atomic E-state index is 14.5. The number of rotatable bonds is 5. The predicted octanol–water partition coefficient (Wildman–Crippen LogP) is 2.98. The molecular weight excluding hydrogens is 393 g/mol. The van der Waals surface area contributed by atoms with Crippen molar-refractivity contribution in [3.8, 4) is 16.8 Å². The third-order valence-corrected chi connectivity index (χ3v) is 4.96. The normalized spacial score (nSPS) is 11.1. The zero-order chi connectivity index (χ0) is 20.5. The molecule has 0 amide bonds. The van der Waals surface area contributed by atoms with E-state index in [0.29, 0.717) is 33.0 Å². The van der Waals surface area contributed by atoms with Gasteiger partial charge in [0.15, 0.2) is 10.8 Å². The second-order valence-electron chi connectivity index (χ2n) is 6.19. The third kappa shape index (κ3) is 3.29. The molecule has 7 nitrogen and oxygen atoms in total. The molecule has 0 fully saturated rings. The van der Waals surface area contributed by atoms with Crippen molar-refractivity contribution in [3.05, 3.63) is 81.9 Å². The van der Waals surface area contributed by atoms with Crippen LogP contribution in [0.5, 0.6) is 0 Å². The Kier molecular flexibility index (Phi) is 4.89. The van der Waals surface area contributed by atoms with Crippen LogP contribution in [0.15, 0.2) is 70.1 Å². The Morgan fingerprint density at radius 2 is 2.14 bits per heavy atom.